The van der Waals surface area contributed by atoms with Crippen LogP contribution in [0.5, 0.6) is 5.75 Å². The fourth-order valence-electron chi connectivity index (χ4n) is 1.17. The van der Waals surface area contributed by atoms with E-state index >= 15 is 0 Å². The average Bonchev–Trinajstić information content (AvgIpc) is 2.27. The van der Waals surface area contributed by atoms with Gasteiger partial charge in [-0.1, -0.05) is 12.2 Å². The largest absolute Gasteiger partial charge is 0.506 e. The zero-order chi connectivity index (χ0) is 11.3. The molecule has 2 N–H and O–H groups in total. The standard InChI is InChI=1S/C11H10O4/c12-3-1-2-8-4-9(6-13)11(15)10(5-8)7-14/h1-2,4-7,12,15H,3H2/b2-1+. The van der Waals surface area contributed by atoms with Crippen LogP contribution in [0.3, 0.4) is 0 Å². The maximum Gasteiger partial charge on any atom is 0.153 e. The maximum absolute atomic E-state index is 10.6. The number of hydrogen-bond acceptors (Lipinski definition) is 4. The molecule has 0 atom stereocenters. The summed E-state index contributed by atoms with van der Waals surface area (Å²) in [5.41, 5.74) is 0.681. The van der Waals surface area contributed by atoms with Crippen molar-refractivity contribution >= 4 is 18.6 Å². The second-order valence-corrected chi connectivity index (χ2v) is 2.87. The highest BCUT2D eigenvalue weighted by Gasteiger charge is 2.07. The van der Waals surface area contributed by atoms with E-state index in [0.717, 1.165) is 0 Å². The van der Waals surface area contributed by atoms with Gasteiger partial charge in [0.05, 0.1) is 17.7 Å². The van der Waals surface area contributed by atoms with Crippen molar-refractivity contribution in [1.82, 2.24) is 0 Å². The van der Waals surface area contributed by atoms with Crippen LogP contribution in [0.4, 0.5) is 0 Å². The van der Waals surface area contributed by atoms with Crippen molar-refractivity contribution in [2.45, 2.75) is 0 Å². The first kappa shape index (κ1) is 11.1. The lowest BCUT2D eigenvalue weighted by Gasteiger charge is -2.02. The van der Waals surface area contributed by atoms with Gasteiger partial charge in [-0.15, -0.1) is 0 Å². The summed E-state index contributed by atoms with van der Waals surface area (Å²) in [6.07, 6.45) is 3.96. The van der Waals surface area contributed by atoms with Crippen molar-refractivity contribution in [2.24, 2.45) is 0 Å². The third kappa shape index (κ3) is 2.51. The fourth-order valence-corrected chi connectivity index (χ4v) is 1.17. The molecule has 4 heteroatoms. The fraction of sp³-hybridized carbons (Fsp3) is 0.0909. The molecule has 0 aromatic heterocycles. The zero-order valence-electron chi connectivity index (χ0n) is 7.88. The highest BCUT2D eigenvalue weighted by molar-refractivity contribution is 5.89. The molecule has 0 aliphatic carbocycles. The van der Waals surface area contributed by atoms with Gasteiger partial charge in [0.25, 0.3) is 0 Å². The van der Waals surface area contributed by atoms with Gasteiger partial charge in [-0.2, -0.15) is 0 Å². The van der Waals surface area contributed by atoms with E-state index in [2.05, 4.69) is 0 Å². The summed E-state index contributed by atoms with van der Waals surface area (Å²) in [4.78, 5) is 21.1. The van der Waals surface area contributed by atoms with Gasteiger partial charge in [0.1, 0.15) is 5.75 Å². The smallest absolute Gasteiger partial charge is 0.153 e. The number of phenols is 1. The van der Waals surface area contributed by atoms with E-state index in [9.17, 15) is 14.7 Å². The zero-order valence-corrected chi connectivity index (χ0v) is 7.88. The second kappa shape index (κ2) is 5.07. The Kier molecular flexibility index (Phi) is 3.76. The summed E-state index contributed by atoms with van der Waals surface area (Å²) >= 11 is 0. The Morgan fingerprint density at radius 1 is 1.13 bits per heavy atom. The number of carbonyl (C=O) groups is 2. The Morgan fingerprint density at radius 3 is 2.07 bits per heavy atom. The molecule has 0 bridgehead atoms. The third-order valence-corrected chi connectivity index (χ3v) is 1.86. The molecule has 0 unspecified atom stereocenters. The van der Waals surface area contributed by atoms with E-state index in [1.807, 2.05) is 0 Å². The van der Waals surface area contributed by atoms with Crippen LogP contribution in [0.25, 0.3) is 6.08 Å². The first-order valence-corrected chi connectivity index (χ1v) is 4.27. The molecule has 0 fully saturated rings. The minimum atomic E-state index is -0.318. The van der Waals surface area contributed by atoms with Crippen LogP contribution in [0.15, 0.2) is 18.2 Å². The van der Waals surface area contributed by atoms with Gasteiger partial charge in [-0.3, -0.25) is 9.59 Å². The van der Waals surface area contributed by atoms with E-state index in [1.54, 1.807) is 6.08 Å². The van der Waals surface area contributed by atoms with Gasteiger partial charge < -0.3 is 10.2 Å². The van der Waals surface area contributed by atoms with Crippen LogP contribution >= 0.6 is 0 Å². The molecule has 4 nitrogen and oxygen atoms in total. The Labute approximate surface area is 86.5 Å². The minimum Gasteiger partial charge on any atom is -0.506 e. The summed E-state index contributed by atoms with van der Waals surface area (Å²) in [5, 5.41) is 18.0. The summed E-state index contributed by atoms with van der Waals surface area (Å²) in [6.45, 7) is -0.131. The molecule has 0 heterocycles. The monoisotopic (exact) mass is 206 g/mol. The first-order chi connectivity index (χ1) is 7.22. The minimum absolute atomic E-state index is 0.0530. The number of phenolic OH excluding ortho intramolecular Hbond substituents is 1. The van der Waals surface area contributed by atoms with Gasteiger partial charge >= 0.3 is 0 Å². The van der Waals surface area contributed by atoms with Crippen LogP contribution in [-0.2, 0) is 0 Å². The predicted molar refractivity (Wildman–Crippen MR) is 55.0 cm³/mol. The molecular formula is C11H10O4. The number of aliphatic hydroxyl groups is 1. The molecule has 1 aromatic carbocycles. The molecule has 0 saturated carbocycles. The van der Waals surface area contributed by atoms with Gasteiger partial charge in [-0.05, 0) is 17.7 Å². The lowest BCUT2D eigenvalue weighted by atomic mass is 10.0. The molecule has 1 rings (SSSR count). The molecule has 0 aliphatic rings. The second-order valence-electron chi connectivity index (χ2n) is 2.87. The topological polar surface area (TPSA) is 74.6 Å². The number of hydrogen-bond donors (Lipinski definition) is 2. The highest BCUT2D eigenvalue weighted by atomic mass is 16.3. The van der Waals surface area contributed by atoms with Crippen LogP contribution in [0.2, 0.25) is 0 Å². The van der Waals surface area contributed by atoms with Crippen molar-refractivity contribution in [3.63, 3.8) is 0 Å². The van der Waals surface area contributed by atoms with Crippen molar-refractivity contribution in [1.29, 1.82) is 0 Å². The molecule has 0 spiro atoms. The van der Waals surface area contributed by atoms with Gasteiger partial charge in [0, 0.05) is 0 Å². The van der Waals surface area contributed by atoms with E-state index in [-0.39, 0.29) is 23.5 Å². The van der Waals surface area contributed by atoms with Crippen molar-refractivity contribution in [2.75, 3.05) is 6.61 Å². The Balaban J connectivity index is 3.26. The first-order valence-electron chi connectivity index (χ1n) is 4.27. The summed E-state index contributed by atoms with van der Waals surface area (Å²) < 4.78 is 0. The number of benzene rings is 1. The SMILES string of the molecule is O=Cc1cc(/C=C/CO)cc(C=O)c1O. The lowest BCUT2D eigenvalue weighted by molar-refractivity contribution is 0.112. The molecule has 1 aromatic rings. The molecular weight excluding hydrogens is 196 g/mol. The van der Waals surface area contributed by atoms with Crippen LogP contribution < -0.4 is 0 Å². The number of aliphatic hydroxyl groups excluding tert-OH is 1. The third-order valence-electron chi connectivity index (χ3n) is 1.86. The molecule has 78 valence electrons. The molecule has 0 aliphatic heterocycles. The van der Waals surface area contributed by atoms with Crippen molar-refractivity contribution < 1.29 is 19.8 Å². The average molecular weight is 206 g/mol. The summed E-state index contributed by atoms with van der Waals surface area (Å²) in [7, 11) is 0. The van der Waals surface area contributed by atoms with Crippen LogP contribution in [0.1, 0.15) is 26.3 Å². The quantitative estimate of drug-likeness (QED) is 0.721. The number of aldehydes is 2. The molecule has 0 amide bonds. The van der Waals surface area contributed by atoms with Gasteiger partial charge in [-0.25, -0.2) is 0 Å². The number of aromatic hydroxyl groups is 1. The molecule has 0 saturated heterocycles. The maximum atomic E-state index is 10.6. The van der Waals surface area contributed by atoms with E-state index in [0.29, 0.717) is 18.1 Å². The lowest BCUT2D eigenvalue weighted by Crippen LogP contribution is -1.90. The number of carbonyl (C=O) groups excluding carboxylic acids is 2. The Bertz CT molecular complexity index is 378. The van der Waals surface area contributed by atoms with Gasteiger partial charge in [0.2, 0.25) is 0 Å². The van der Waals surface area contributed by atoms with E-state index < -0.39 is 0 Å². The Morgan fingerprint density at radius 2 is 1.67 bits per heavy atom. The normalized spacial score (nSPS) is 10.5. The van der Waals surface area contributed by atoms with E-state index in [1.165, 1.54) is 18.2 Å². The highest BCUT2D eigenvalue weighted by Crippen LogP contribution is 2.22. The van der Waals surface area contributed by atoms with Crippen molar-refractivity contribution in [3.05, 3.63) is 34.9 Å². The number of rotatable bonds is 4. The summed E-state index contributed by atoms with van der Waals surface area (Å²) in [5.74, 6) is -0.318. The molecule has 15 heavy (non-hydrogen) atoms. The van der Waals surface area contributed by atoms with Gasteiger partial charge in [0.15, 0.2) is 12.6 Å². The van der Waals surface area contributed by atoms with E-state index in [4.69, 9.17) is 5.11 Å². The molecule has 0 radical (unpaired) electrons. The van der Waals surface area contributed by atoms with Crippen LogP contribution in [-0.4, -0.2) is 29.4 Å². The summed E-state index contributed by atoms with van der Waals surface area (Å²) in [6, 6.07) is 2.86. The predicted octanol–water partition coefficient (Wildman–Crippen LogP) is 1.02. The van der Waals surface area contributed by atoms with Crippen LogP contribution in [0, 0.1) is 0 Å². The Hall–Kier alpha value is -1.94. The van der Waals surface area contributed by atoms with Crippen molar-refractivity contribution in [3.8, 4) is 5.75 Å².